The fraction of sp³-hybridized carbons (Fsp3) is 0.222. The summed E-state index contributed by atoms with van der Waals surface area (Å²) in [5, 5.41) is 20.3. The lowest BCUT2D eigenvalue weighted by Crippen LogP contribution is -2.29. The summed E-state index contributed by atoms with van der Waals surface area (Å²) in [6.45, 7) is 1.52. The molecule has 1 unspecified atom stereocenters. The number of hydrogen-bond donors (Lipinski definition) is 3. The predicted octanol–water partition coefficient (Wildman–Crippen LogP) is 5.45. The quantitative estimate of drug-likeness (QED) is 0.297. The number of aromatic nitrogens is 2. The summed E-state index contributed by atoms with van der Waals surface area (Å²) in [5.41, 5.74) is 2.34. The molecule has 1 aliphatic rings. The first-order valence-corrected chi connectivity index (χ1v) is 12.7. The van der Waals surface area contributed by atoms with Gasteiger partial charge in [-0.25, -0.2) is 0 Å². The van der Waals surface area contributed by atoms with Gasteiger partial charge in [0.15, 0.2) is 0 Å². The van der Waals surface area contributed by atoms with Crippen LogP contribution in [0.15, 0.2) is 93.4 Å². The van der Waals surface area contributed by atoms with Gasteiger partial charge in [-0.2, -0.15) is 0 Å². The summed E-state index contributed by atoms with van der Waals surface area (Å²) in [6, 6.07) is 24.6. The Labute approximate surface area is 219 Å². The maximum atomic E-state index is 13.5. The van der Waals surface area contributed by atoms with Crippen molar-refractivity contribution in [2.75, 3.05) is 18.5 Å². The van der Waals surface area contributed by atoms with Crippen molar-refractivity contribution in [1.29, 1.82) is 0 Å². The van der Waals surface area contributed by atoms with Gasteiger partial charge in [-0.05, 0) is 48.2 Å². The predicted molar refractivity (Wildman–Crippen MR) is 143 cm³/mol. The van der Waals surface area contributed by atoms with Crippen LogP contribution in [0.4, 0.5) is 5.69 Å². The van der Waals surface area contributed by atoms with Gasteiger partial charge in [0.05, 0.1) is 22.6 Å². The lowest BCUT2D eigenvalue weighted by molar-refractivity contribution is -0.284. The lowest BCUT2D eigenvalue weighted by Gasteiger charge is -2.26. The Morgan fingerprint density at radius 1 is 1.03 bits per heavy atom. The number of aromatic amines is 1. The SMILES string of the molecule is N.O=c1[nH]n(C(c2ccccc2)c2ccc(N[C@H]3CCCOC3)cc2)c([O-])c1Sc1ccccc1Cl. The number of benzene rings is 3. The maximum absolute atomic E-state index is 13.5. The fourth-order valence-electron chi connectivity index (χ4n) is 4.30. The van der Waals surface area contributed by atoms with Gasteiger partial charge in [0.1, 0.15) is 0 Å². The third kappa shape index (κ3) is 5.63. The van der Waals surface area contributed by atoms with E-state index in [-0.39, 0.29) is 23.0 Å². The normalized spacial score (nSPS) is 16.2. The van der Waals surface area contributed by atoms with Crippen molar-refractivity contribution in [1.82, 2.24) is 15.9 Å². The van der Waals surface area contributed by atoms with Gasteiger partial charge >= 0.3 is 0 Å². The van der Waals surface area contributed by atoms with Crippen molar-refractivity contribution in [2.24, 2.45) is 0 Å². The number of nitrogens with zero attached hydrogens (tertiary/aromatic N) is 1. The molecule has 3 aromatic carbocycles. The van der Waals surface area contributed by atoms with E-state index in [4.69, 9.17) is 16.3 Å². The summed E-state index contributed by atoms with van der Waals surface area (Å²) in [4.78, 5) is 13.6. The molecule has 5 rings (SSSR count). The zero-order valence-corrected chi connectivity index (χ0v) is 21.2. The van der Waals surface area contributed by atoms with Crippen LogP contribution in [0.2, 0.25) is 5.02 Å². The third-order valence-electron chi connectivity index (χ3n) is 6.02. The smallest absolute Gasteiger partial charge is 0.277 e. The molecule has 1 saturated heterocycles. The van der Waals surface area contributed by atoms with Crippen LogP contribution in [0.3, 0.4) is 0 Å². The molecule has 0 amide bonds. The van der Waals surface area contributed by atoms with Crippen LogP contribution in [0, 0.1) is 0 Å². The Kier molecular flexibility index (Phi) is 8.43. The van der Waals surface area contributed by atoms with Gasteiger partial charge in [0.2, 0.25) is 0 Å². The highest BCUT2D eigenvalue weighted by molar-refractivity contribution is 7.99. The van der Waals surface area contributed by atoms with Crippen LogP contribution in [-0.4, -0.2) is 29.0 Å². The maximum Gasteiger partial charge on any atom is 0.277 e. The lowest BCUT2D eigenvalue weighted by atomic mass is 9.98. The monoisotopic (exact) mass is 523 g/mol. The molecule has 2 atom stereocenters. The highest BCUT2D eigenvalue weighted by Gasteiger charge is 2.21. The van der Waals surface area contributed by atoms with Crippen LogP contribution in [0.1, 0.15) is 30.0 Å². The van der Waals surface area contributed by atoms with Gasteiger partial charge in [-0.1, -0.05) is 78.0 Å². The van der Waals surface area contributed by atoms with Gasteiger partial charge in [0, 0.05) is 29.1 Å². The molecule has 0 saturated carbocycles. The van der Waals surface area contributed by atoms with E-state index in [9.17, 15) is 9.90 Å². The van der Waals surface area contributed by atoms with Gasteiger partial charge in [-0.3, -0.25) is 14.6 Å². The number of halogens is 1. The van der Waals surface area contributed by atoms with Crippen molar-refractivity contribution >= 4 is 29.1 Å². The Morgan fingerprint density at radius 3 is 2.42 bits per heavy atom. The minimum Gasteiger partial charge on any atom is -0.858 e. The average Bonchev–Trinajstić information content (AvgIpc) is 3.16. The molecule has 188 valence electrons. The number of H-pyrrole nitrogens is 1. The second-order valence-corrected chi connectivity index (χ2v) is 9.93. The largest absolute Gasteiger partial charge is 0.858 e. The number of anilines is 1. The van der Waals surface area contributed by atoms with Crippen LogP contribution in [-0.2, 0) is 4.74 Å². The summed E-state index contributed by atoms with van der Waals surface area (Å²) in [7, 11) is 0. The van der Waals surface area contributed by atoms with Crippen LogP contribution >= 0.6 is 23.4 Å². The molecule has 2 heterocycles. The molecule has 9 heteroatoms. The van der Waals surface area contributed by atoms with Crippen LogP contribution < -0.4 is 22.1 Å². The Morgan fingerprint density at radius 2 is 1.72 bits per heavy atom. The first kappa shape index (κ1) is 25.9. The van der Waals surface area contributed by atoms with Crippen molar-refractivity contribution in [3.63, 3.8) is 0 Å². The zero-order chi connectivity index (χ0) is 24.2. The topological polar surface area (TPSA) is 117 Å². The Bertz CT molecular complexity index is 1340. The van der Waals surface area contributed by atoms with E-state index in [0.717, 1.165) is 48.0 Å². The molecule has 1 fully saturated rings. The van der Waals surface area contributed by atoms with E-state index in [1.54, 1.807) is 12.1 Å². The Hall–Kier alpha value is -3.17. The van der Waals surface area contributed by atoms with E-state index in [1.165, 1.54) is 4.68 Å². The van der Waals surface area contributed by atoms with E-state index in [1.807, 2.05) is 66.7 Å². The summed E-state index contributed by atoms with van der Waals surface area (Å²) < 4.78 is 6.97. The molecule has 0 bridgehead atoms. The number of ether oxygens (including phenoxy) is 1. The molecular formula is C27H28ClN4O3S-. The summed E-state index contributed by atoms with van der Waals surface area (Å²) >= 11 is 7.36. The van der Waals surface area contributed by atoms with Crippen molar-refractivity contribution < 1.29 is 9.84 Å². The molecule has 0 aliphatic carbocycles. The van der Waals surface area contributed by atoms with Crippen LogP contribution in [0.25, 0.3) is 0 Å². The molecule has 4 aromatic rings. The van der Waals surface area contributed by atoms with E-state index >= 15 is 0 Å². The minimum absolute atomic E-state index is 0. The second-order valence-electron chi connectivity index (χ2n) is 8.47. The molecule has 5 N–H and O–H groups in total. The van der Waals surface area contributed by atoms with E-state index in [2.05, 4.69) is 10.4 Å². The minimum atomic E-state index is -0.482. The first-order valence-electron chi connectivity index (χ1n) is 11.5. The van der Waals surface area contributed by atoms with Crippen molar-refractivity contribution in [2.45, 2.75) is 34.7 Å². The van der Waals surface area contributed by atoms with E-state index < -0.39 is 11.6 Å². The molecule has 1 aliphatic heterocycles. The van der Waals surface area contributed by atoms with Gasteiger partial charge in [0.25, 0.3) is 5.56 Å². The highest BCUT2D eigenvalue weighted by atomic mass is 35.5. The van der Waals surface area contributed by atoms with Gasteiger partial charge < -0.3 is 21.3 Å². The third-order valence-corrected chi connectivity index (χ3v) is 7.60. The highest BCUT2D eigenvalue weighted by Crippen LogP contribution is 2.37. The van der Waals surface area contributed by atoms with Crippen molar-refractivity contribution in [3.05, 3.63) is 105 Å². The Balaban J connectivity index is 0.00000304. The van der Waals surface area contributed by atoms with Crippen LogP contribution in [0.5, 0.6) is 5.88 Å². The van der Waals surface area contributed by atoms with E-state index in [0.29, 0.717) is 16.5 Å². The summed E-state index contributed by atoms with van der Waals surface area (Å²) in [5.74, 6) is -0.379. The molecule has 1 aromatic heterocycles. The second kappa shape index (κ2) is 11.7. The number of rotatable bonds is 7. The van der Waals surface area contributed by atoms with Gasteiger partial charge in [-0.15, -0.1) is 0 Å². The standard InChI is InChI=1S/C27H26ClN3O3S.H3N/c28-22-10-4-5-11-23(22)35-25-26(32)30-31(27(25)33)24(18-7-2-1-3-8-18)19-12-14-20(15-13-19)29-21-9-6-16-34-17-21;/h1-5,7-8,10-15,21,24,29,33H,6,9,16-17H2,(H,30,32);1H3/p-1/t21-,24?;/m0./s1. The molecule has 7 nitrogen and oxygen atoms in total. The average molecular weight is 524 g/mol. The molecular weight excluding hydrogens is 496 g/mol. The number of hydrogen-bond acceptors (Lipinski definition) is 6. The van der Waals surface area contributed by atoms with Crippen molar-refractivity contribution in [3.8, 4) is 5.88 Å². The summed E-state index contributed by atoms with van der Waals surface area (Å²) in [6.07, 6.45) is 2.12. The first-order chi connectivity index (χ1) is 17.1. The zero-order valence-electron chi connectivity index (χ0n) is 19.7. The molecule has 36 heavy (non-hydrogen) atoms. The fourth-order valence-corrected chi connectivity index (χ4v) is 5.41. The number of nitrogens with one attached hydrogen (secondary N) is 2. The molecule has 0 radical (unpaired) electrons. The molecule has 0 spiro atoms.